The monoisotopic (exact) mass is 463 g/mol. The van der Waals surface area contributed by atoms with E-state index in [2.05, 4.69) is 52.4 Å². The molecule has 30 heavy (non-hydrogen) atoms. The second kappa shape index (κ2) is 8.76. The molecular weight excluding hydrogens is 442 g/mol. The summed E-state index contributed by atoms with van der Waals surface area (Å²) in [5, 5.41) is 2.90. The lowest BCUT2D eigenvalue weighted by Gasteiger charge is -2.14. The minimum Gasteiger partial charge on any atom is -0.490 e. The predicted octanol–water partition coefficient (Wildman–Crippen LogP) is 6.23. The molecule has 5 heteroatoms. The van der Waals surface area contributed by atoms with Gasteiger partial charge in [0.25, 0.3) is 5.91 Å². The number of ether oxygens (including phenoxy) is 2. The summed E-state index contributed by atoms with van der Waals surface area (Å²) >= 11 is 3.62. The number of para-hydroxylation sites is 1. The number of hydrogen-bond donors (Lipinski definition) is 1. The average Bonchev–Trinajstić information content (AvgIpc) is 3.05. The van der Waals surface area contributed by atoms with Crippen LogP contribution < -0.4 is 14.8 Å². The third kappa shape index (κ3) is 4.26. The van der Waals surface area contributed by atoms with Gasteiger partial charge in [-0.1, -0.05) is 64.0 Å². The maximum absolute atomic E-state index is 12.5. The Kier molecular flexibility index (Phi) is 5.91. The van der Waals surface area contributed by atoms with Gasteiger partial charge in [0.05, 0.1) is 6.61 Å². The van der Waals surface area contributed by atoms with Gasteiger partial charge in [-0.2, -0.15) is 0 Å². The minimum absolute atomic E-state index is 0.110. The highest BCUT2D eigenvalue weighted by atomic mass is 79.9. The summed E-state index contributed by atoms with van der Waals surface area (Å²) in [6.45, 7) is 4.96. The Morgan fingerprint density at radius 1 is 1.00 bits per heavy atom. The Labute approximate surface area is 184 Å². The van der Waals surface area contributed by atoms with Crippen LogP contribution in [0.3, 0.4) is 0 Å². The minimum atomic E-state index is -0.110. The molecule has 0 bridgehead atoms. The number of amides is 1. The number of anilines is 1. The first kappa shape index (κ1) is 20.2. The number of benzene rings is 3. The molecule has 152 valence electrons. The summed E-state index contributed by atoms with van der Waals surface area (Å²) in [7, 11) is 0. The van der Waals surface area contributed by atoms with Crippen molar-refractivity contribution in [3.05, 3.63) is 87.4 Å². The lowest BCUT2D eigenvalue weighted by Crippen LogP contribution is -2.04. The van der Waals surface area contributed by atoms with E-state index in [9.17, 15) is 4.79 Å². The SMILES string of the molecule is CCOc1cc(/C=C2/C(=O)Nc3ccccc32)c(Br)cc1OCc1ccc(C)cc1. The zero-order valence-corrected chi connectivity index (χ0v) is 18.5. The highest BCUT2D eigenvalue weighted by molar-refractivity contribution is 9.10. The Morgan fingerprint density at radius 3 is 2.50 bits per heavy atom. The number of fused-ring (bicyclic) bond motifs is 1. The first-order chi connectivity index (χ1) is 14.5. The topological polar surface area (TPSA) is 47.6 Å². The standard InChI is InChI=1S/C25H22BrNO3/c1-3-29-23-13-18(12-20-19-6-4-5-7-22(19)27-25(20)28)21(26)14-24(23)30-15-17-10-8-16(2)9-11-17/h4-14H,3,15H2,1-2H3,(H,27,28)/b20-12+. The smallest absolute Gasteiger partial charge is 0.256 e. The number of rotatable bonds is 6. The van der Waals surface area contributed by atoms with Crippen molar-refractivity contribution < 1.29 is 14.3 Å². The molecule has 4 rings (SSSR count). The molecule has 1 heterocycles. The lowest BCUT2D eigenvalue weighted by molar-refractivity contribution is -0.110. The number of carbonyl (C=O) groups excluding carboxylic acids is 1. The van der Waals surface area contributed by atoms with E-state index in [-0.39, 0.29) is 5.91 Å². The van der Waals surface area contributed by atoms with Crippen molar-refractivity contribution in [2.45, 2.75) is 20.5 Å². The predicted molar refractivity (Wildman–Crippen MR) is 124 cm³/mol. The first-order valence-electron chi connectivity index (χ1n) is 9.82. The molecule has 0 aliphatic carbocycles. The summed E-state index contributed by atoms with van der Waals surface area (Å²) in [4.78, 5) is 12.5. The number of hydrogen-bond acceptors (Lipinski definition) is 3. The summed E-state index contributed by atoms with van der Waals surface area (Å²) in [6.07, 6.45) is 1.87. The Hall–Kier alpha value is -3.05. The molecule has 0 unspecified atom stereocenters. The van der Waals surface area contributed by atoms with Crippen molar-refractivity contribution in [1.82, 2.24) is 0 Å². The van der Waals surface area contributed by atoms with Gasteiger partial charge in [-0.25, -0.2) is 0 Å². The maximum atomic E-state index is 12.5. The quantitative estimate of drug-likeness (QED) is 0.440. The number of nitrogens with one attached hydrogen (secondary N) is 1. The van der Waals surface area contributed by atoms with Crippen LogP contribution in [0, 0.1) is 6.92 Å². The number of halogens is 1. The zero-order chi connectivity index (χ0) is 21.1. The highest BCUT2D eigenvalue weighted by Gasteiger charge is 2.24. The van der Waals surface area contributed by atoms with Gasteiger partial charge in [0.15, 0.2) is 11.5 Å². The molecular formula is C25H22BrNO3. The molecule has 0 spiro atoms. The third-order valence-electron chi connectivity index (χ3n) is 4.89. The van der Waals surface area contributed by atoms with Crippen molar-refractivity contribution >= 4 is 39.2 Å². The van der Waals surface area contributed by atoms with Crippen LogP contribution in [-0.2, 0) is 11.4 Å². The summed E-state index contributed by atoms with van der Waals surface area (Å²) < 4.78 is 12.7. The van der Waals surface area contributed by atoms with Gasteiger partial charge in [-0.3, -0.25) is 4.79 Å². The summed E-state index contributed by atoms with van der Waals surface area (Å²) in [5.74, 6) is 1.19. The highest BCUT2D eigenvalue weighted by Crippen LogP contribution is 2.38. The van der Waals surface area contributed by atoms with Crippen molar-refractivity contribution in [2.75, 3.05) is 11.9 Å². The van der Waals surface area contributed by atoms with Gasteiger partial charge in [-0.05, 0) is 49.2 Å². The fourth-order valence-corrected chi connectivity index (χ4v) is 3.76. The van der Waals surface area contributed by atoms with Gasteiger partial charge >= 0.3 is 0 Å². The van der Waals surface area contributed by atoms with Gasteiger partial charge in [0.1, 0.15) is 6.61 Å². The maximum Gasteiger partial charge on any atom is 0.256 e. The molecule has 3 aromatic rings. The van der Waals surface area contributed by atoms with Crippen molar-refractivity contribution in [1.29, 1.82) is 0 Å². The van der Waals surface area contributed by atoms with Crippen LogP contribution in [0.15, 0.2) is 65.1 Å². The van der Waals surface area contributed by atoms with Crippen molar-refractivity contribution in [3.63, 3.8) is 0 Å². The molecule has 1 aliphatic rings. The Balaban J connectivity index is 1.65. The molecule has 1 amide bonds. The molecule has 0 saturated carbocycles. The summed E-state index contributed by atoms with van der Waals surface area (Å²) in [5.41, 5.74) is 5.50. The van der Waals surface area contributed by atoms with E-state index in [4.69, 9.17) is 9.47 Å². The molecule has 0 atom stereocenters. The van der Waals surface area contributed by atoms with Gasteiger partial charge in [0, 0.05) is 21.3 Å². The largest absolute Gasteiger partial charge is 0.490 e. The van der Waals surface area contributed by atoms with E-state index in [1.165, 1.54) is 5.56 Å². The van der Waals surface area contributed by atoms with E-state index in [1.807, 2.05) is 49.4 Å². The van der Waals surface area contributed by atoms with E-state index in [0.717, 1.165) is 26.9 Å². The van der Waals surface area contributed by atoms with Crippen LogP contribution in [-0.4, -0.2) is 12.5 Å². The van der Waals surface area contributed by atoms with E-state index < -0.39 is 0 Å². The van der Waals surface area contributed by atoms with Crippen LogP contribution in [0.4, 0.5) is 5.69 Å². The molecule has 0 aromatic heterocycles. The van der Waals surface area contributed by atoms with Crippen molar-refractivity contribution in [3.8, 4) is 11.5 Å². The average molecular weight is 464 g/mol. The normalized spacial score (nSPS) is 13.8. The summed E-state index contributed by atoms with van der Waals surface area (Å²) in [6, 6.07) is 19.7. The van der Waals surface area contributed by atoms with Gasteiger partial charge < -0.3 is 14.8 Å². The van der Waals surface area contributed by atoms with E-state index in [0.29, 0.717) is 30.3 Å². The first-order valence-corrected chi connectivity index (χ1v) is 10.6. The van der Waals surface area contributed by atoms with Crippen LogP contribution in [0.2, 0.25) is 0 Å². The second-order valence-corrected chi connectivity index (χ2v) is 7.94. The molecule has 0 radical (unpaired) electrons. The molecule has 0 fully saturated rings. The molecule has 3 aromatic carbocycles. The van der Waals surface area contributed by atoms with Crippen LogP contribution in [0.1, 0.15) is 29.2 Å². The molecule has 0 saturated heterocycles. The molecule has 1 aliphatic heterocycles. The van der Waals surface area contributed by atoms with Crippen LogP contribution in [0.25, 0.3) is 11.6 Å². The van der Waals surface area contributed by atoms with Gasteiger partial charge in [-0.15, -0.1) is 0 Å². The van der Waals surface area contributed by atoms with Gasteiger partial charge in [0.2, 0.25) is 0 Å². The number of aryl methyl sites for hydroxylation is 1. The van der Waals surface area contributed by atoms with Crippen LogP contribution >= 0.6 is 15.9 Å². The third-order valence-corrected chi connectivity index (χ3v) is 5.57. The lowest BCUT2D eigenvalue weighted by atomic mass is 10.0. The van der Waals surface area contributed by atoms with E-state index in [1.54, 1.807) is 0 Å². The number of carbonyl (C=O) groups is 1. The van der Waals surface area contributed by atoms with Crippen LogP contribution in [0.5, 0.6) is 11.5 Å². The molecule has 1 N–H and O–H groups in total. The zero-order valence-electron chi connectivity index (χ0n) is 16.9. The Bertz CT molecular complexity index is 1120. The fourth-order valence-electron chi connectivity index (χ4n) is 3.33. The second-order valence-electron chi connectivity index (χ2n) is 7.09. The van der Waals surface area contributed by atoms with Crippen molar-refractivity contribution in [2.24, 2.45) is 0 Å². The fraction of sp³-hybridized carbons (Fsp3) is 0.160. The molecule has 4 nitrogen and oxygen atoms in total. The Morgan fingerprint density at radius 2 is 1.73 bits per heavy atom. The van der Waals surface area contributed by atoms with E-state index >= 15 is 0 Å².